The number of hydrogen-bond acceptors (Lipinski definition) is 5. The van der Waals surface area contributed by atoms with Crippen molar-refractivity contribution in [3.63, 3.8) is 0 Å². The van der Waals surface area contributed by atoms with E-state index in [4.69, 9.17) is 14.5 Å². The number of amides is 1. The van der Waals surface area contributed by atoms with E-state index in [-0.39, 0.29) is 5.91 Å². The molecule has 3 aromatic carbocycles. The first-order valence-corrected chi connectivity index (χ1v) is 18.2. The number of carbonyl (C=O) groups excluding carboxylic acids is 1. The summed E-state index contributed by atoms with van der Waals surface area (Å²) in [6, 6.07) is 22.4. The van der Waals surface area contributed by atoms with Crippen molar-refractivity contribution < 1.29 is 14.3 Å². The SMILES string of the molecule is CC.CC.CCCCn1c(-c2ccc(NC(=O)C(C)(C)C)c(OCCc3ccccc3)c2)nc2ccc(OCCCN(CC)CC)cc21. The summed E-state index contributed by atoms with van der Waals surface area (Å²) in [5.41, 5.74) is 4.28. The molecule has 1 N–H and O–H groups in total. The zero-order valence-electron chi connectivity index (χ0n) is 31.5. The predicted molar refractivity (Wildman–Crippen MR) is 204 cm³/mol. The zero-order chi connectivity index (χ0) is 35.5. The average molecular weight is 659 g/mol. The molecule has 0 bridgehead atoms. The van der Waals surface area contributed by atoms with Gasteiger partial charge in [-0.2, -0.15) is 0 Å². The minimum Gasteiger partial charge on any atom is -0.493 e. The van der Waals surface area contributed by atoms with E-state index >= 15 is 0 Å². The molecule has 4 rings (SSSR count). The highest BCUT2D eigenvalue weighted by Crippen LogP contribution is 2.34. The average Bonchev–Trinajstić information content (AvgIpc) is 3.47. The standard InChI is InChI=1S/C37H50N4O3.2C2H6/c1-7-10-23-41-33-27-30(43-24-14-22-40(8-2)9-3)18-20-31(33)38-35(41)29-17-19-32(39-36(42)37(4,5)6)34(26-29)44-25-21-28-15-12-11-13-16-28;2*1-2/h11-13,15-20,26-27H,7-10,14,21-25H2,1-6H3,(H,39,42);2*1-2H3. The fourth-order valence-corrected chi connectivity index (χ4v) is 5.09. The molecule has 0 spiro atoms. The maximum atomic E-state index is 12.9. The van der Waals surface area contributed by atoms with Gasteiger partial charge in [-0.05, 0) is 61.8 Å². The van der Waals surface area contributed by atoms with Gasteiger partial charge in [0.1, 0.15) is 17.3 Å². The quantitative estimate of drug-likeness (QED) is 0.121. The van der Waals surface area contributed by atoms with Crippen LogP contribution in [-0.2, 0) is 17.8 Å². The number of nitrogens with zero attached hydrogens (tertiary/aromatic N) is 3. The van der Waals surface area contributed by atoms with Crippen LogP contribution in [0.5, 0.6) is 11.5 Å². The molecule has 4 aromatic rings. The van der Waals surface area contributed by atoms with Gasteiger partial charge in [-0.25, -0.2) is 4.98 Å². The molecule has 1 amide bonds. The molecule has 0 radical (unpaired) electrons. The van der Waals surface area contributed by atoms with Gasteiger partial charge in [0.05, 0.1) is 29.9 Å². The van der Waals surface area contributed by atoms with Gasteiger partial charge in [-0.1, -0.05) is 106 Å². The van der Waals surface area contributed by atoms with Crippen molar-refractivity contribution in [2.75, 3.05) is 38.2 Å². The van der Waals surface area contributed by atoms with E-state index in [1.54, 1.807) is 0 Å². The second-order valence-electron chi connectivity index (χ2n) is 12.3. The first-order valence-electron chi connectivity index (χ1n) is 18.2. The molecule has 7 heteroatoms. The maximum Gasteiger partial charge on any atom is 0.229 e. The number of hydrogen-bond donors (Lipinski definition) is 1. The Balaban J connectivity index is 0.00000193. The van der Waals surface area contributed by atoms with Gasteiger partial charge in [0, 0.05) is 36.6 Å². The molecule has 1 aromatic heterocycles. The smallest absolute Gasteiger partial charge is 0.229 e. The van der Waals surface area contributed by atoms with E-state index in [9.17, 15) is 4.79 Å². The number of aryl methyl sites for hydroxylation is 1. The molecule has 264 valence electrons. The number of rotatable bonds is 16. The minimum atomic E-state index is -0.528. The van der Waals surface area contributed by atoms with Crippen LogP contribution in [-0.4, -0.2) is 53.2 Å². The van der Waals surface area contributed by atoms with Gasteiger partial charge in [-0.15, -0.1) is 0 Å². The van der Waals surface area contributed by atoms with E-state index in [2.05, 4.69) is 59.8 Å². The van der Waals surface area contributed by atoms with E-state index in [0.29, 0.717) is 24.7 Å². The summed E-state index contributed by atoms with van der Waals surface area (Å²) in [5.74, 6) is 2.33. The number of imidazole rings is 1. The molecule has 0 aliphatic rings. The molecule has 48 heavy (non-hydrogen) atoms. The lowest BCUT2D eigenvalue weighted by molar-refractivity contribution is -0.123. The number of benzene rings is 3. The van der Waals surface area contributed by atoms with Crippen molar-refractivity contribution in [1.29, 1.82) is 0 Å². The normalized spacial score (nSPS) is 11.0. The second kappa shape index (κ2) is 21.2. The summed E-state index contributed by atoms with van der Waals surface area (Å²) < 4.78 is 14.8. The van der Waals surface area contributed by atoms with Gasteiger partial charge in [0.25, 0.3) is 0 Å². The highest BCUT2D eigenvalue weighted by Gasteiger charge is 2.23. The number of fused-ring (bicyclic) bond motifs is 1. The Bertz CT molecular complexity index is 1490. The second-order valence-corrected chi connectivity index (χ2v) is 12.3. The van der Waals surface area contributed by atoms with Crippen molar-refractivity contribution in [2.45, 2.75) is 101 Å². The van der Waals surface area contributed by atoms with Crippen LogP contribution < -0.4 is 14.8 Å². The number of anilines is 1. The van der Waals surface area contributed by atoms with Crippen molar-refractivity contribution in [3.05, 3.63) is 72.3 Å². The van der Waals surface area contributed by atoms with Gasteiger partial charge in [-0.3, -0.25) is 4.79 Å². The van der Waals surface area contributed by atoms with Crippen LogP contribution in [0.25, 0.3) is 22.4 Å². The van der Waals surface area contributed by atoms with Crippen LogP contribution in [0.4, 0.5) is 5.69 Å². The number of aromatic nitrogens is 2. The third-order valence-electron chi connectivity index (χ3n) is 7.90. The monoisotopic (exact) mass is 658 g/mol. The van der Waals surface area contributed by atoms with Gasteiger partial charge >= 0.3 is 0 Å². The largest absolute Gasteiger partial charge is 0.493 e. The Morgan fingerprint density at radius 2 is 1.56 bits per heavy atom. The van der Waals surface area contributed by atoms with Crippen molar-refractivity contribution in [3.8, 4) is 22.9 Å². The molecule has 1 heterocycles. The summed E-state index contributed by atoms with van der Waals surface area (Å²) >= 11 is 0. The Morgan fingerprint density at radius 1 is 0.854 bits per heavy atom. The van der Waals surface area contributed by atoms with Crippen LogP contribution in [0, 0.1) is 5.41 Å². The highest BCUT2D eigenvalue weighted by atomic mass is 16.5. The summed E-state index contributed by atoms with van der Waals surface area (Å²) in [7, 11) is 0. The Labute approximate surface area is 291 Å². The predicted octanol–water partition coefficient (Wildman–Crippen LogP) is 10.3. The molecular weight excluding hydrogens is 596 g/mol. The fraction of sp³-hybridized carbons (Fsp3) is 0.512. The molecule has 0 atom stereocenters. The fourth-order valence-electron chi connectivity index (χ4n) is 5.09. The summed E-state index contributed by atoms with van der Waals surface area (Å²) in [4.78, 5) is 20.4. The number of ether oxygens (including phenoxy) is 2. The lowest BCUT2D eigenvalue weighted by Gasteiger charge is -2.20. The van der Waals surface area contributed by atoms with Gasteiger partial charge in [0.2, 0.25) is 5.91 Å². The number of unbranched alkanes of at least 4 members (excludes halogenated alkanes) is 1. The number of carbonyl (C=O) groups is 1. The van der Waals surface area contributed by atoms with Gasteiger partial charge in [0.15, 0.2) is 0 Å². The molecule has 0 saturated carbocycles. The topological polar surface area (TPSA) is 68.6 Å². The molecule has 0 saturated heterocycles. The maximum absolute atomic E-state index is 12.9. The van der Waals surface area contributed by atoms with E-state index in [1.807, 2.05) is 90.9 Å². The van der Waals surface area contributed by atoms with E-state index in [0.717, 1.165) is 80.0 Å². The van der Waals surface area contributed by atoms with E-state index < -0.39 is 5.41 Å². The van der Waals surface area contributed by atoms with Crippen LogP contribution in [0.15, 0.2) is 66.7 Å². The lowest BCUT2D eigenvalue weighted by Crippen LogP contribution is -2.27. The molecular formula is C41H62N4O3. The van der Waals surface area contributed by atoms with Crippen LogP contribution in [0.1, 0.15) is 94.1 Å². The van der Waals surface area contributed by atoms with Crippen molar-refractivity contribution in [1.82, 2.24) is 14.5 Å². The van der Waals surface area contributed by atoms with E-state index in [1.165, 1.54) is 5.56 Å². The third kappa shape index (κ3) is 12.0. The molecule has 0 unspecified atom stereocenters. The van der Waals surface area contributed by atoms with Crippen LogP contribution in [0.2, 0.25) is 0 Å². The van der Waals surface area contributed by atoms with Crippen molar-refractivity contribution >= 4 is 22.6 Å². The Hall–Kier alpha value is -3.84. The Morgan fingerprint density at radius 3 is 2.21 bits per heavy atom. The van der Waals surface area contributed by atoms with Crippen LogP contribution in [0.3, 0.4) is 0 Å². The first-order chi connectivity index (χ1) is 23.2. The highest BCUT2D eigenvalue weighted by molar-refractivity contribution is 5.96. The summed E-state index contributed by atoms with van der Waals surface area (Å²) in [6.45, 7) is 25.5. The lowest BCUT2D eigenvalue weighted by atomic mass is 9.95. The van der Waals surface area contributed by atoms with Gasteiger partial charge < -0.3 is 24.3 Å². The zero-order valence-corrected chi connectivity index (χ0v) is 31.5. The first kappa shape index (κ1) is 40.3. The van der Waals surface area contributed by atoms with Crippen LogP contribution >= 0.6 is 0 Å². The Kier molecular flexibility index (Phi) is 17.8. The minimum absolute atomic E-state index is 0.0574. The molecule has 0 aliphatic carbocycles. The van der Waals surface area contributed by atoms with Crippen molar-refractivity contribution in [2.24, 2.45) is 5.41 Å². The molecule has 0 fully saturated rings. The molecule has 7 nitrogen and oxygen atoms in total. The third-order valence-corrected chi connectivity index (χ3v) is 7.90. The summed E-state index contributed by atoms with van der Waals surface area (Å²) in [6.07, 6.45) is 3.87. The molecule has 0 aliphatic heterocycles. The summed E-state index contributed by atoms with van der Waals surface area (Å²) in [5, 5.41) is 3.09. The number of nitrogens with one attached hydrogen (secondary N) is 1.